The molecule has 0 aliphatic carbocycles. The maximum atomic E-state index is 10.0. The van der Waals surface area contributed by atoms with Crippen molar-refractivity contribution in [3.8, 4) is 11.5 Å². The zero-order valence-electron chi connectivity index (χ0n) is 8.11. The summed E-state index contributed by atoms with van der Waals surface area (Å²) in [7, 11) is 3.12. The molecular formula is C11H11O3. The van der Waals surface area contributed by atoms with Crippen molar-refractivity contribution in [2.24, 2.45) is 0 Å². The molecule has 73 valence electrons. The summed E-state index contributed by atoms with van der Waals surface area (Å²) in [6.07, 6.45) is 4.59. The molecule has 0 heterocycles. The highest BCUT2D eigenvalue weighted by atomic mass is 16.5. The molecule has 1 rings (SSSR count). The van der Waals surface area contributed by atoms with Gasteiger partial charge in [-0.2, -0.15) is 0 Å². The minimum atomic E-state index is 0.613. The fourth-order valence-electron chi connectivity index (χ4n) is 1.17. The first-order valence-electron chi connectivity index (χ1n) is 4.08. The monoisotopic (exact) mass is 191 g/mol. The third-order valence-electron chi connectivity index (χ3n) is 1.76. The number of para-hydroxylation sites is 1. The summed E-state index contributed by atoms with van der Waals surface area (Å²) in [5.74, 6) is 1.25. The van der Waals surface area contributed by atoms with Gasteiger partial charge in [0.25, 0.3) is 0 Å². The minimum Gasteiger partial charge on any atom is -0.493 e. The van der Waals surface area contributed by atoms with Gasteiger partial charge < -0.3 is 9.47 Å². The van der Waals surface area contributed by atoms with Crippen LogP contribution in [0.25, 0.3) is 6.08 Å². The van der Waals surface area contributed by atoms with Crippen molar-refractivity contribution < 1.29 is 14.3 Å². The molecular weight excluding hydrogens is 180 g/mol. The van der Waals surface area contributed by atoms with Crippen LogP contribution in [-0.4, -0.2) is 20.5 Å². The van der Waals surface area contributed by atoms with Crippen LogP contribution in [-0.2, 0) is 4.79 Å². The van der Waals surface area contributed by atoms with Crippen LogP contribution in [0.1, 0.15) is 5.56 Å². The summed E-state index contributed by atoms with van der Waals surface area (Å²) in [4.78, 5) is 10.0. The third-order valence-corrected chi connectivity index (χ3v) is 1.76. The molecule has 0 saturated heterocycles. The van der Waals surface area contributed by atoms with Gasteiger partial charge in [0, 0.05) is 5.56 Å². The van der Waals surface area contributed by atoms with Crippen LogP contribution >= 0.6 is 0 Å². The number of benzene rings is 1. The van der Waals surface area contributed by atoms with E-state index in [1.54, 1.807) is 32.6 Å². The molecule has 1 aromatic rings. The van der Waals surface area contributed by atoms with Crippen molar-refractivity contribution in [3.63, 3.8) is 0 Å². The highest BCUT2D eigenvalue weighted by Crippen LogP contribution is 2.31. The quantitative estimate of drug-likeness (QED) is 0.681. The second kappa shape index (κ2) is 5.07. The number of hydrogen-bond acceptors (Lipinski definition) is 3. The van der Waals surface area contributed by atoms with E-state index in [4.69, 9.17) is 9.47 Å². The van der Waals surface area contributed by atoms with Gasteiger partial charge in [-0.1, -0.05) is 12.1 Å². The lowest BCUT2D eigenvalue weighted by atomic mass is 10.1. The van der Waals surface area contributed by atoms with Crippen molar-refractivity contribution in [2.75, 3.05) is 14.2 Å². The van der Waals surface area contributed by atoms with E-state index in [-0.39, 0.29) is 0 Å². The number of rotatable bonds is 4. The van der Waals surface area contributed by atoms with E-state index in [0.717, 1.165) is 5.56 Å². The normalized spacial score (nSPS) is 10.1. The first kappa shape index (κ1) is 10.3. The number of hydrogen-bond donors (Lipinski definition) is 0. The fraction of sp³-hybridized carbons (Fsp3) is 0.182. The molecule has 0 aromatic heterocycles. The van der Waals surface area contributed by atoms with Crippen molar-refractivity contribution in [3.05, 3.63) is 29.8 Å². The zero-order chi connectivity index (χ0) is 10.4. The highest BCUT2D eigenvalue weighted by molar-refractivity contribution is 5.76. The van der Waals surface area contributed by atoms with Crippen molar-refractivity contribution in [2.45, 2.75) is 0 Å². The van der Waals surface area contributed by atoms with Gasteiger partial charge in [0.15, 0.2) is 11.5 Å². The second-order valence-electron chi connectivity index (χ2n) is 2.53. The lowest BCUT2D eigenvalue weighted by Gasteiger charge is -2.09. The van der Waals surface area contributed by atoms with Crippen LogP contribution in [0, 0.1) is 0 Å². The third kappa shape index (κ3) is 2.13. The van der Waals surface area contributed by atoms with E-state index < -0.39 is 0 Å². The molecule has 14 heavy (non-hydrogen) atoms. The van der Waals surface area contributed by atoms with Gasteiger partial charge >= 0.3 is 0 Å². The molecule has 1 aromatic carbocycles. The fourth-order valence-corrected chi connectivity index (χ4v) is 1.17. The van der Waals surface area contributed by atoms with Gasteiger partial charge in [-0.3, -0.25) is 4.79 Å². The minimum absolute atomic E-state index is 0.613. The number of carbonyl (C=O) groups excluding carboxylic acids is 1. The van der Waals surface area contributed by atoms with Crippen LogP contribution in [0.3, 0.4) is 0 Å². The average Bonchev–Trinajstić information content (AvgIpc) is 2.25. The maximum Gasteiger partial charge on any atom is 0.225 e. The maximum absolute atomic E-state index is 10.0. The van der Waals surface area contributed by atoms with E-state index in [0.29, 0.717) is 11.5 Å². The van der Waals surface area contributed by atoms with E-state index in [9.17, 15) is 4.79 Å². The van der Waals surface area contributed by atoms with Gasteiger partial charge in [0.05, 0.1) is 14.2 Å². The molecule has 0 aliphatic heterocycles. The molecule has 0 bridgehead atoms. The standard InChI is InChI=1S/C11H11O3/c1-13-10-7-3-5-9(6-4-8-12)11(10)14-2/h3-7H,1-2H3. The predicted octanol–water partition coefficient (Wildman–Crippen LogP) is 1.83. The first-order valence-corrected chi connectivity index (χ1v) is 4.08. The Morgan fingerprint density at radius 2 is 2.07 bits per heavy atom. The number of methoxy groups -OCH3 is 2. The van der Waals surface area contributed by atoms with Crippen molar-refractivity contribution >= 4 is 12.4 Å². The van der Waals surface area contributed by atoms with Gasteiger partial charge in [0.2, 0.25) is 6.29 Å². The summed E-state index contributed by atoms with van der Waals surface area (Å²) in [5.41, 5.74) is 0.787. The van der Waals surface area contributed by atoms with E-state index >= 15 is 0 Å². The Kier molecular flexibility index (Phi) is 3.73. The lowest BCUT2D eigenvalue weighted by molar-refractivity contribution is 0.354. The average molecular weight is 191 g/mol. The predicted molar refractivity (Wildman–Crippen MR) is 54.3 cm³/mol. The van der Waals surface area contributed by atoms with Crippen LogP contribution in [0.15, 0.2) is 24.3 Å². The van der Waals surface area contributed by atoms with Gasteiger partial charge in [0.1, 0.15) is 0 Å². The molecule has 1 radical (unpaired) electrons. The van der Waals surface area contributed by atoms with Gasteiger partial charge in [-0.05, 0) is 18.2 Å². The van der Waals surface area contributed by atoms with E-state index in [1.807, 2.05) is 12.1 Å². The Labute approximate surface area is 83.0 Å². The molecule has 0 atom stereocenters. The molecule has 0 N–H and O–H groups in total. The summed E-state index contributed by atoms with van der Waals surface area (Å²) >= 11 is 0. The Balaban J connectivity index is 3.14. The summed E-state index contributed by atoms with van der Waals surface area (Å²) in [5, 5.41) is 0. The van der Waals surface area contributed by atoms with Crippen molar-refractivity contribution in [1.29, 1.82) is 0 Å². The molecule has 0 fully saturated rings. The van der Waals surface area contributed by atoms with Crippen LogP contribution in [0.4, 0.5) is 0 Å². The Morgan fingerprint density at radius 3 is 2.64 bits per heavy atom. The molecule has 3 nitrogen and oxygen atoms in total. The SMILES string of the molecule is COc1cccc(C=C[C]=O)c1OC. The van der Waals surface area contributed by atoms with Crippen molar-refractivity contribution in [1.82, 2.24) is 0 Å². The molecule has 0 aliphatic rings. The van der Waals surface area contributed by atoms with Gasteiger partial charge in [-0.15, -0.1) is 0 Å². The molecule has 0 unspecified atom stereocenters. The lowest BCUT2D eigenvalue weighted by Crippen LogP contribution is -1.92. The molecule has 0 spiro atoms. The topological polar surface area (TPSA) is 35.5 Å². The highest BCUT2D eigenvalue weighted by Gasteiger charge is 2.05. The van der Waals surface area contributed by atoms with E-state index in [1.165, 1.54) is 6.08 Å². The van der Waals surface area contributed by atoms with Crippen LogP contribution in [0.2, 0.25) is 0 Å². The Hall–Kier alpha value is -1.77. The summed E-state index contributed by atoms with van der Waals surface area (Å²) in [6.45, 7) is 0. The van der Waals surface area contributed by atoms with Gasteiger partial charge in [-0.25, -0.2) is 0 Å². The Morgan fingerprint density at radius 1 is 1.29 bits per heavy atom. The van der Waals surface area contributed by atoms with Crippen LogP contribution < -0.4 is 9.47 Å². The Bertz CT molecular complexity index is 342. The molecule has 0 saturated carbocycles. The number of ether oxygens (including phenoxy) is 2. The number of allylic oxidation sites excluding steroid dienone is 1. The second-order valence-corrected chi connectivity index (χ2v) is 2.53. The summed E-state index contributed by atoms with van der Waals surface area (Å²) in [6, 6.07) is 5.45. The smallest absolute Gasteiger partial charge is 0.225 e. The molecule has 3 heteroatoms. The van der Waals surface area contributed by atoms with Crippen LogP contribution in [0.5, 0.6) is 11.5 Å². The van der Waals surface area contributed by atoms with E-state index in [2.05, 4.69) is 0 Å². The summed E-state index contributed by atoms with van der Waals surface area (Å²) < 4.78 is 10.3. The zero-order valence-corrected chi connectivity index (χ0v) is 8.11. The molecule has 0 amide bonds. The first-order chi connectivity index (χ1) is 6.83. The largest absolute Gasteiger partial charge is 0.493 e.